The molecule has 0 aromatic heterocycles. The van der Waals surface area contributed by atoms with Gasteiger partial charge in [-0.1, -0.05) is 24.3 Å². The smallest absolute Gasteiger partial charge is 0.161 e. The summed E-state index contributed by atoms with van der Waals surface area (Å²) in [7, 11) is 3.32. The molecule has 3 nitrogen and oxygen atoms in total. The van der Waals surface area contributed by atoms with Crippen molar-refractivity contribution in [2.45, 2.75) is 17.9 Å². The number of thioether (sulfide) groups is 1. The predicted molar refractivity (Wildman–Crippen MR) is 93.1 cm³/mol. The molecule has 0 heterocycles. The molecular weight excluding hydrogens is 294 g/mol. The summed E-state index contributed by atoms with van der Waals surface area (Å²) in [6.07, 6.45) is 0. The predicted octanol–water partition coefficient (Wildman–Crippen LogP) is 4.15. The molecule has 2 rings (SSSR count). The van der Waals surface area contributed by atoms with Gasteiger partial charge >= 0.3 is 0 Å². The van der Waals surface area contributed by atoms with Gasteiger partial charge in [0.1, 0.15) is 0 Å². The van der Waals surface area contributed by atoms with E-state index in [0.29, 0.717) is 0 Å². The van der Waals surface area contributed by atoms with E-state index in [9.17, 15) is 0 Å². The number of methoxy groups -OCH3 is 2. The summed E-state index contributed by atoms with van der Waals surface area (Å²) in [6, 6.07) is 16.8. The van der Waals surface area contributed by atoms with Crippen LogP contribution in [-0.2, 0) is 0 Å². The van der Waals surface area contributed by atoms with Gasteiger partial charge in [0.15, 0.2) is 11.5 Å². The fourth-order valence-corrected chi connectivity index (χ4v) is 3.01. The Hall–Kier alpha value is -1.65. The van der Waals surface area contributed by atoms with Gasteiger partial charge < -0.3 is 14.8 Å². The molecule has 2 aromatic carbocycles. The fraction of sp³-hybridized carbons (Fsp3) is 0.333. The van der Waals surface area contributed by atoms with Gasteiger partial charge in [0.25, 0.3) is 0 Å². The van der Waals surface area contributed by atoms with Crippen LogP contribution in [0, 0.1) is 0 Å². The molecule has 118 valence electrons. The molecule has 1 N–H and O–H groups in total. The summed E-state index contributed by atoms with van der Waals surface area (Å²) in [5.74, 6) is 2.58. The third kappa shape index (κ3) is 4.68. The number of nitrogens with one attached hydrogen (secondary N) is 1. The van der Waals surface area contributed by atoms with E-state index in [1.54, 1.807) is 14.2 Å². The Balaban J connectivity index is 1.83. The number of hydrogen-bond acceptors (Lipinski definition) is 4. The van der Waals surface area contributed by atoms with Gasteiger partial charge in [-0.3, -0.25) is 0 Å². The minimum atomic E-state index is 0.274. The zero-order valence-electron chi connectivity index (χ0n) is 13.3. The van der Waals surface area contributed by atoms with Crippen molar-refractivity contribution in [2.75, 3.05) is 26.5 Å². The second-order valence-corrected chi connectivity index (χ2v) is 6.12. The van der Waals surface area contributed by atoms with E-state index in [-0.39, 0.29) is 6.04 Å². The first kappa shape index (κ1) is 16.7. The van der Waals surface area contributed by atoms with E-state index in [1.807, 2.05) is 30.0 Å². The quantitative estimate of drug-likeness (QED) is 0.585. The monoisotopic (exact) mass is 317 g/mol. The Bertz CT molecular complexity index is 575. The number of ether oxygens (including phenoxy) is 2. The van der Waals surface area contributed by atoms with Crippen LogP contribution >= 0.6 is 11.8 Å². The molecule has 0 aliphatic rings. The van der Waals surface area contributed by atoms with E-state index >= 15 is 0 Å². The lowest BCUT2D eigenvalue weighted by atomic mass is 10.1. The van der Waals surface area contributed by atoms with Crippen LogP contribution in [0.1, 0.15) is 18.5 Å². The van der Waals surface area contributed by atoms with Crippen molar-refractivity contribution in [3.8, 4) is 11.5 Å². The lowest BCUT2D eigenvalue weighted by molar-refractivity contribution is 0.354. The highest BCUT2D eigenvalue weighted by Crippen LogP contribution is 2.29. The molecule has 0 radical (unpaired) electrons. The van der Waals surface area contributed by atoms with Gasteiger partial charge in [-0.2, -0.15) is 0 Å². The van der Waals surface area contributed by atoms with Crippen molar-refractivity contribution in [3.05, 3.63) is 54.1 Å². The average Bonchev–Trinajstić information content (AvgIpc) is 2.58. The Morgan fingerprint density at radius 1 is 1.00 bits per heavy atom. The van der Waals surface area contributed by atoms with E-state index in [0.717, 1.165) is 23.8 Å². The first-order valence-corrected chi connectivity index (χ1v) is 8.36. The van der Waals surface area contributed by atoms with Crippen molar-refractivity contribution < 1.29 is 9.47 Å². The second-order valence-electron chi connectivity index (χ2n) is 4.95. The SMILES string of the molecule is COc1ccc(C(C)NCCSc2ccccc2)cc1OC. The standard InChI is InChI=1S/C18H23NO2S/c1-14(15-9-10-17(20-2)18(13-15)21-3)19-11-12-22-16-7-5-4-6-8-16/h4-10,13-14,19H,11-12H2,1-3H3. The molecule has 0 bridgehead atoms. The van der Waals surface area contributed by atoms with Gasteiger partial charge in [0.05, 0.1) is 14.2 Å². The summed E-state index contributed by atoms with van der Waals surface area (Å²) in [5, 5.41) is 3.54. The second kappa shape index (κ2) is 8.71. The Labute approximate surface area is 137 Å². The number of hydrogen-bond donors (Lipinski definition) is 1. The lowest BCUT2D eigenvalue weighted by Crippen LogP contribution is -2.21. The topological polar surface area (TPSA) is 30.5 Å². The van der Waals surface area contributed by atoms with Crippen LogP contribution in [0.2, 0.25) is 0 Å². The number of benzene rings is 2. The maximum absolute atomic E-state index is 5.35. The minimum absolute atomic E-state index is 0.274. The highest BCUT2D eigenvalue weighted by atomic mass is 32.2. The zero-order chi connectivity index (χ0) is 15.8. The third-order valence-corrected chi connectivity index (χ3v) is 4.49. The van der Waals surface area contributed by atoms with Crippen LogP contribution in [-0.4, -0.2) is 26.5 Å². The first-order valence-electron chi connectivity index (χ1n) is 7.37. The van der Waals surface area contributed by atoms with Crippen molar-refractivity contribution in [1.29, 1.82) is 0 Å². The lowest BCUT2D eigenvalue weighted by Gasteiger charge is -2.16. The molecule has 0 amide bonds. The summed E-state index contributed by atoms with van der Waals surface area (Å²) in [4.78, 5) is 1.31. The Kier molecular flexibility index (Phi) is 6.62. The molecule has 1 unspecified atom stereocenters. The Morgan fingerprint density at radius 2 is 1.73 bits per heavy atom. The van der Waals surface area contributed by atoms with Crippen LogP contribution in [0.4, 0.5) is 0 Å². The van der Waals surface area contributed by atoms with Gasteiger partial charge in [-0.05, 0) is 36.8 Å². The normalized spacial score (nSPS) is 12.0. The molecule has 0 aliphatic heterocycles. The van der Waals surface area contributed by atoms with Crippen LogP contribution < -0.4 is 14.8 Å². The fourth-order valence-electron chi connectivity index (χ4n) is 2.20. The summed E-state index contributed by atoms with van der Waals surface area (Å²) in [5.41, 5.74) is 1.20. The molecule has 0 fully saturated rings. The molecule has 2 aromatic rings. The van der Waals surface area contributed by atoms with Gasteiger partial charge in [-0.25, -0.2) is 0 Å². The van der Waals surface area contributed by atoms with Crippen molar-refractivity contribution in [3.63, 3.8) is 0 Å². The van der Waals surface area contributed by atoms with Gasteiger partial charge in [-0.15, -0.1) is 11.8 Å². The molecule has 0 saturated carbocycles. The van der Waals surface area contributed by atoms with Crippen LogP contribution in [0.15, 0.2) is 53.4 Å². The molecular formula is C18H23NO2S. The van der Waals surface area contributed by atoms with Crippen molar-refractivity contribution in [2.24, 2.45) is 0 Å². The van der Waals surface area contributed by atoms with Crippen LogP contribution in [0.3, 0.4) is 0 Å². The molecule has 4 heteroatoms. The maximum atomic E-state index is 5.35. The number of rotatable bonds is 8. The molecule has 0 aliphatic carbocycles. The Morgan fingerprint density at radius 3 is 2.41 bits per heavy atom. The first-order chi connectivity index (χ1) is 10.7. The third-order valence-electron chi connectivity index (χ3n) is 3.47. The molecule has 0 saturated heterocycles. The van der Waals surface area contributed by atoms with E-state index in [1.165, 1.54) is 10.5 Å². The van der Waals surface area contributed by atoms with E-state index < -0.39 is 0 Å². The highest BCUT2D eigenvalue weighted by Gasteiger charge is 2.09. The molecule has 22 heavy (non-hydrogen) atoms. The summed E-state index contributed by atoms with van der Waals surface area (Å²) in [6.45, 7) is 3.11. The molecule has 0 spiro atoms. The van der Waals surface area contributed by atoms with Crippen molar-refractivity contribution in [1.82, 2.24) is 5.32 Å². The van der Waals surface area contributed by atoms with Crippen LogP contribution in [0.5, 0.6) is 11.5 Å². The zero-order valence-corrected chi connectivity index (χ0v) is 14.2. The van der Waals surface area contributed by atoms with E-state index in [4.69, 9.17) is 9.47 Å². The van der Waals surface area contributed by atoms with Gasteiger partial charge in [0, 0.05) is 23.2 Å². The average molecular weight is 317 g/mol. The minimum Gasteiger partial charge on any atom is -0.493 e. The van der Waals surface area contributed by atoms with E-state index in [2.05, 4.69) is 42.6 Å². The summed E-state index contributed by atoms with van der Waals surface area (Å²) < 4.78 is 10.6. The maximum Gasteiger partial charge on any atom is 0.161 e. The highest BCUT2D eigenvalue weighted by molar-refractivity contribution is 7.99. The largest absolute Gasteiger partial charge is 0.493 e. The summed E-state index contributed by atoms with van der Waals surface area (Å²) >= 11 is 1.86. The van der Waals surface area contributed by atoms with Gasteiger partial charge in [0.2, 0.25) is 0 Å². The van der Waals surface area contributed by atoms with Crippen LogP contribution in [0.25, 0.3) is 0 Å². The van der Waals surface area contributed by atoms with Crippen molar-refractivity contribution >= 4 is 11.8 Å². The molecule has 1 atom stereocenters.